The fourth-order valence-corrected chi connectivity index (χ4v) is 3.53. The Morgan fingerprint density at radius 2 is 1.75 bits per heavy atom. The number of nitrogens with two attached hydrogens (primary N) is 1. The van der Waals surface area contributed by atoms with Gasteiger partial charge in [-0.15, -0.1) is 0 Å². The second-order valence-electron chi connectivity index (χ2n) is 6.35. The Morgan fingerprint density at radius 1 is 1.25 bits per heavy atom. The molecular weight excluding hydrogens is 256 g/mol. The summed E-state index contributed by atoms with van der Waals surface area (Å²) < 4.78 is 0. The lowest BCUT2D eigenvalue weighted by atomic mass is 9.82. The molecule has 1 amide bonds. The van der Waals surface area contributed by atoms with E-state index in [0.717, 1.165) is 12.8 Å². The van der Waals surface area contributed by atoms with Gasteiger partial charge in [0.05, 0.1) is 0 Å². The van der Waals surface area contributed by atoms with Crippen LogP contribution >= 0.6 is 0 Å². The Hall–Kier alpha value is -1.30. The molecule has 1 aliphatic carbocycles. The second-order valence-corrected chi connectivity index (χ2v) is 6.35. The summed E-state index contributed by atoms with van der Waals surface area (Å²) in [6, 6.07) is 0.655. The monoisotopic (exact) mass is 282 g/mol. The zero-order valence-corrected chi connectivity index (χ0v) is 12.7. The molecule has 6 nitrogen and oxygen atoms in total. The van der Waals surface area contributed by atoms with Crippen LogP contribution < -0.4 is 5.73 Å². The van der Waals surface area contributed by atoms with E-state index in [1.54, 1.807) is 0 Å². The molecule has 2 rings (SSSR count). The maximum Gasteiger partial charge on any atom is 0.236 e. The van der Waals surface area contributed by atoms with Crippen molar-refractivity contribution in [2.24, 2.45) is 16.3 Å². The van der Waals surface area contributed by atoms with E-state index in [9.17, 15) is 4.79 Å². The van der Waals surface area contributed by atoms with Crippen molar-refractivity contribution in [3.63, 3.8) is 0 Å². The van der Waals surface area contributed by atoms with Crippen molar-refractivity contribution < 1.29 is 10.0 Å². The van der Waals surface area contributed by atoms with Gasteiger partial charge in [0, 0.05) is 25.2 Å². The largest absolute Gasteiger partial charge is 0.409 e. The van der Waals surface area contributed by atoms with Crippen LogP contribution in [0, 0.1) is 5.41 Å². The van der Waals surface area contributed by atoms with Gasteiger partial charge in [0.1, 0.15) is 5.41 Å². The summed E-state index contributed by atoms with van der Waals surface area (Å²) in [5.74, 6) is 0.122. The first-order valence-electron chi connectivity index (χ1n) is 7.41. The highest BCUT2D eigenvalue weighted by Gasteiger charge is 2.48. The maximum atomic E-state index is 13.0. The standard InChI is InChI=1S/C14H26N4O2/c1-10-8-18(9-11(2)17(10)3)13(19)14(12(15)16-20)6-4-5-7-14/h10-11,20H,4-9H2,1-3H3,(H2,15,16). The van der Waals surface area contributed by atoms with Crippen LogP contribution in [0.25, 0.3) is 0 Å². The molecule has 0 aromatic carbocycles. The summed E-state index contributed by atoms with van der Waals surface area (Å²) in [6.07, 6.45) is 3.30. The van der Waals surface area contributed by atoms with Crippen LogP contribution in [0.5, 0.6) is 0 Å². The summed E-state index contributed by atoms with van der Waals surface area (Å²) in [6.45, 7) is 5.67. The molecule has 2 fully saturated rings. The van der Waals surface area contributed by atoms with Crippen molar-refractivity contribution in [2.75, 3.05) is 20.1 Å². The molecule has 1 aliphatic heterocycles. The van der Waals surface area contributed by atoms with E-state index in [1.165, 1.54) is 0 Å². The van der Waals surface area contributed by atoms with Crippen molar-refractivity contribution in [1.82, 2.24) is 9.80 Å². The lowest BCUT2D eigenvalue weighted by Gasteiger charge is -2.45. The first-order chi connectivity index (χ1) is 9.42. The van der Waals surface area contributed by atoms with Crippen LogP contribution in [0.4, 0.5) is 0 Å². The quantitative estimate of drug-likeness (QED) is 0.340. The van der Waals surface area contributed by atoms with Crippen LogP contribution in [-0.4, -0.2) is 59.0 Å². The maximum absolute atomic E-state index is 13.0. The van der Waals surface area contributed by atoms with Crippen LogP contribution in [0.1, 0.15) is 39.5 Å². The fourth-order valence-electron chi connectivity index (χ4n) is 3.53. The summed E-state index contributed by atoms with van der Waals surface area (Å²) in [4.78, 5) is 17.1. The molecule has 1 saturated heterocycles. The van der Waals surface area contributed by atoms with Gasteiger partial charge in [-0.2, -0.15) is 0 Å². The molecule has 1 saturated carbocycles. The van der Waals surface area contributed by atoms with Crippen LogP contribution in [-0.2, 0) is 4.79 Å². The van der Waals surface area contributed by atoms with Crippen molar-refractivity contribution in [1.29, 1.82) is 0 Å². The molecule has 2 aliphatic rings. The van der Waals surface area contributed by atoms with E-state index in [-0.39, 0.29) is 11.7 Å². The molecule has 1 heterocycles. The SMILES string of the molecule is CC1CN(C(=O)C2(C(N)=NO)CCCC2)CC(C)N1C. The molecule has 0 bridgehead atoms. The van der Waals surface area contributed by atoms with E-state index < -0.39 is 5.41 Å². The third-order valence-electron chi connectivity index (χ3n) is 5.11. The molecule has 6 heteroatoms. The molecule has 0 aromatic rings. The van der Waals surface area contributed by atoms with E-state index in [1.807, 2.05) is 4.90 Å². The Bertz CT molecular complexity index is 392. The number of carbonyl (C=O) groups is 1. The molecule has 2 atom stereocenters. The topological polar surface area (TPSA) is 82.2 Å². The Labute approximate surface area is 120 Å². The molecule has 0 spiro atoms. The van der Waals surface area contributed by atoms with E-state index >= 15 is 0 Å². The van der Waals surface area contributed by atoms with Gasteiger partial charge in [-0.3, -0.25) is 9.69 Å². The molecule has 114 valence electrons. The highest BCUT2D eigenvalue weighted by atomic mass is 16.4. The summed E-state index contributed by atoms with van der Waals surface area (Å²) in [5, 5.41) is 12.2. The average molecular weight is 282 g/mol. The predicted octanol–water partition coefficient (Wildman–Crippen LogP) is 0.844. The van der Waals surface area contributed by atoms with Crippen molar-refractivity contribution in [2.45, 2.75) is 51.6 Å². The number of piperazine rings is 1. The summed E-state index contributed by atoms with van der Waals surface area (Å²) in [7, 11) is 2.09. The highest BCUT2D eigenvalue weighted by Crippen LogP contribution is 2.40. The van der Waals surface area contributed by atoms with E-state index in [2.05, 4.69) is 31.0 Å². The molecule has 0 radical (unpaired) electrons. The minimum Gasteiger partial charge on any atom is -0.409 e. The number of hydrogen-bond donors (Lipinski definition) is 2. The number of likely N-dealkylation sites (N-methyl/N-ethyl adjacent to an activating group) is 1. The molecule has 20 heavy (non-hydrogen) atoms. The number of rotatable bonds is 2. The average Bonchev–Trinajstić information content (AvgIpc) is 2.93. The van der Waals surface area contributed by atoms with Crippen molar-refractivity contribution in [3.05, 3.63) is 0 Å². The Morgan fingerprint density at radius 3 is 2.20 bits per heavy atom. The molecule has 0 aromatic heterocycles. The van der Waals surface area contributed by atoms with Crippen LogP contribution in [0.15, 0.2) is 5.16 Å². The third kappa shape index (κ3) is 2.37. The number of carbonyl (C=O) groups excluding carboxylic acids is 1. The van der Waals surface area contributed by atoms with Crippen LogP contribution in [0.3, 0.4) is 0 Å². The minimum absolute atomic E-state index is 0.0390. The predicted molar refractivity (Wildman–Crippen MR) is 77.6 cm³/mol. The van der Waals surface area contributed by atoms with Gasteiger partial charge in [-0.05, 0) is 33.7 Å². The zero-order valence-electron chi connectivity index (χ0n) is 12.7. The van der Waals surface area contributed by atoms with Crippen LogP contribution in [0.2, 0.25) is 0 Å². The van der Waals surface area contributed by atoms with Gasteiger partial charge in [0.25, 0.3) is 0 Å². The summed E-state index contributed by atoms with van der Waals surface area (Å²) >= 11 is 0. The third-order valence-corrected chi connectivity index (χ3v) is 5.11. The highest BCUT2D eigenvalue weighted by molar-refractivity contribution is 6.07. The van der Waals surface area contributed by atoms with Gasteiger partial charge in [-0.1, -0.05) is 18.0 Å². The number of nitrogens with zero attached hydrogens (tertiary/aromatic N) is 3. The summed E-state index contributed by atoms with van der Waals surface area (Å²) in [5.41, 5.74) is 5.09. The number of amides is 1. The van der Waals surface area contributed by atoms with E-state index in [4.69, 9.17) is 10.9 Å². The normalized spacial score (nSPS) is 31.6. The van der Waals surface area contributed by atoms with Gasteiger partial charge >= 0.3 is 0 Å². The number of amidine groups is 1. The molecular formula is C14H26N4O2. The lowest BCUT2D eigenvalue weighted by Crippen LogP contribution is -2.60. The van der Waals surface area contributed by atoms with Gasteiger partial charge in [-0.25, -0.2) is 0 Å². The second kappa shape index (κ2) is 5.60. The minimum atomic E-state index is -0.774. The zero-order chi connectivity index (χ0) is 14.9. The molecule has 3 N–H and O–H groups in total. The van der Waals surface area contributed by atoms with Crippen molar-refractivity contribution in [3.8, 4) is 0 Å². The number of hydrogen-bond acceptors (Lipinski definition) is 4. The van der Waals surface area contributed by atoms with Gasteiger partial charge in [0.15, 0.2) is 5.84 Å². The first-order valence-corrected chi connectivity index (χ1v) is 7.41. The lowest BCUT2D eigenvalue weighted by molar-refractivity contribution is -0.142. The Kier molecular flexibility index (Phi) is 4.22. The van der Waals surface area contributed by atoms with Crippen molar-refractivity contribution >= 4 is 11.7 Å². The van der Waals surface area contributed by atoms with E-state index in [0.29, 0.717) is 38.0 Å². The molecule has 2 unspecified atom stereocenters. The smallest absolute Gasteiger partial charge is 0.236 e. The van der Waals surface area contributed by atoms with Gasteiger partial charge in [0.2, 0.25) is 5.91 Å². The van der Waals surface area contributed by atoms with Gasteiger partial charge < -0.3 is 15.8 Å². The first kappa shape index (κ1) is 15.1. The fraction of sp³-hybridized carbons (Fsp3) is 0.857. The Balaban J connectivity index is 2.21. The number of oxime groups is 1.